The topological polar surface area (TPSA) is 63.8 Å². The molecule has 0 aliphatic rings. The molecule has 0 saturated heterocycles. The van der Waals surface area contributed by atoms with Gasteiger partial charge in [-0.05, 0) is 24.6 Å². The van der Waals surface area contributed by atoms with Gasteiger partial charge in [-0.25, -0.2) is 23.4 Å². The summed E-state index contributed by atoms with van der Waals surface area (Å²) < 4.78 is 30.3. The van der Waals surface area contributed by atoms with E-state index in [1.807, 2.05) is 47.9 Å². The highest BCUT2D eigenvalue weighted by Gasteiger charge is 2.40. The van der Waals surface area contributed by atoms with Gasteiger partial charge in [0.05, 0.1) is 12.2 Å². The molecule has 0 amide bonds. The SMILES string of the molecule is C[C@@H](Sc1nc(C=Cc2ccccc2)cs1)[C@](O)(Cn1cncn1)c1ccc(F)cc1F. The summed E-state index contributed by atoms with van der Waals surface area (Å²) in [5.41, 5.74) is 0.176. The van der Waals surface area contributed by atoms with Crippen molar-refractivity contribution in [1.82, 2.24) is 19.7 Å². The predicted molar refractivity (Wildman–Crippen MR) is 123 cm³/mol. The van der Waals surface area contributed by atoms with Crippen LogP contribution >= 0.6 is 23.1 Å². The van der Waals surface area contributed by atoms with E-state index in [9.17, 15) is 13.9 Å². The Morgan fingerprint density at radius 2 is 2.00 bits per heavy atom. The molecule has 0 unspecified atom stereocenters. The molecule has 0 bridgehead atoms. The van der Waals surface area contributed by atoms with E-state index >= 15 is 0 Å². The van der Waals surface area contributed by atoms with Crippen molar-refractivity contribution in [1.29, 1.82) is 0 Å². The largest absolute Gasteiger partial charge is 0.382 e. The van der Waals surface area contributed by atoms with Gasteiger partial charge in [0.2, 0.25) is 0 Å². The molecule has 0 aliphatic heterocycles. The molecule has 0 aliphatic carbocycles. The molecule has 164 valence electrons. The number of hydrogen-bond donors (Lipinski definition) is 1. The van der Waals surface area contributed by atoms with Crippen LogP contribution in [0.25, 0.3) is 12.2 Å². The average Bonchev–Trinajstić information content (AvgIpc) is 3.45. The third kappa shape index (κ3) is 5.12. The molecule has 2 aromatic heterocycles. The van der Waals surface area contributed by atoms with Crippen molar-refractivity contribution in [2.24, 2.45) is 0 Å². The maximum atomic E-state index is 14.7. The Hall–Kier alpha value is -2.88. The zero-order chi connectivity index (χ0) is 22.6. The first kappa shape index (κ1) is 22.3. The van der Waals surface area contributed by atoms with E-state index in [0.29, 0.717) is 0 Å². The highest BCUT2D eigenvalue weighted by Crippen LogP contribution is 2.40. The van der Waals surface area contributed by atoms with Gasteiger partial charge in [0.15, 0.2) is 4.34 Å². The highest BCUT2D eigenvalue weighted by molar-refractivity contribution is 8.01. The van der Waals surface area contributed by atoms with Crippen LogP contribution in [0.4, 0.5) is 8.78 Å². The standard InChI is InChI=1S/C23H20F2N4OS2/c1-16(32-22-28-19(12-31-22)9-7-17-5-3-2-4-6-17)23(30,13-29-15-26-14-27-29)20-10-8-18(24)11-21(20)25/h2-12,14-16,30H,13H2,1H3/t16-,23-/m1/s1. The Labute approximate surface area is 192 Å². The molecule has 5 nitrogen and oxygen atoms in total. The lowest BCUT2D eigenvalue weighted by Gasteiger charge is -2.34. The molecule has 0 saturated carbocycles. The fourth-order valence-corrected chi connectivity index (χ4v) is 5.40. The Morgan fingerprint density at radius 3 is 2.72 bits per heavy atom. The molecule has 1 N–H and O–H groups in total. The lowest BCUT2D eigenvalue weighted by atomic mass is 9.90. The second-order valence-electron chi connectivity index (χ2n) is 7.18. The molecule has 32 heavy (non-hydrogen) atoms. The van der Waals surface area contributed by atoms with Crippen molar-refractivity contribution >= 4 is 35.3 Å². The normalized spacial score (nSPS) is 14.5. The lowest BCUT2D eigenvalue weighted by molar-refractivity contribution is 0.0133. The van der Waals surface area contributed by atoms with Crippen LogP contribution in [0.3, 0.4) is 0 Å². The first-order chi connectivity index (χ1) is 15.4. The number of rotatable bonds is 8. The van der Waals surface area contributed by atoms with E-state index in [4.69, 9.17) is 0 Å². The monoisotopic (exact) mass is 470 g/mol. The summed E-state index contributed by atoms with van der Waals surface area (Å²) in [6.45, 7) is 1.74. The van der Waals surface area contributed by atoms with Gasteiger partial charge in [0.25, 0.3) is 0 Å². The lowest BCUT2D eigenvalue weighted by Crippen LogP contribution is -2.41. The van der Waals surface area contributed by atoms with Gasteiger partial charge in [-0.15, -0.1) is 11.3 Å². The number of halogens is 2. The van der Waals surface area contributed by atoms with E-state index < -0.39 is 22.5 Å². The first-order valence-corrected chi connectivity index (χ1v) is 11.6. The number of hydrogen-bond acceptors (Lipinski definition) is 6. The van der Waals surface area contributed by atoms with Gasteiger partial charge in [-0.3, -0.25) is 0 Å². The van der Waals surface area contributed by atoms with Gasteiger partial charge in [0, 0.05) is 22.3 Å². The van der Waals surface area contributed by atoms with Crippen LogP contribution in [0.15, 0.2) is 70.9 Å². The molecular weight excluding hydrogens is 450 g/mol. The number of aliphatic hydroxyl groups is 1. The van der Waals surface area contributed by atoms with Crippen molar-refractivity contribution < 1.29 is 13.9 Å². The molecule has 0 radical (unpaired) electrons. The summed E-state index contributed by atoms with van der Waals surface area (Å²) in [5, 5.41) is 17.0. The second kappa shape index (κ2) is 9.72. The summed E-state index contributed by atoms with van der Waals surface area (Å²) >= 11 is 2.76. The van der Waals surface area contributed by atoms with Gasteiger partial charge in [-0.2, -0.15) is 5.10 Å². The minimum absolute atomic E-state index is 0.00449. The molecule has 2 heterocycles. The highest BCUT2D eigenvalue weighted by atomic mass is 32.2. The van der Waals surface area contributed by atoms with Gasteiger partial charge >= 0.3 is 0 Å². The number of thiazole rings is 1. The van der Waals surface area contributed by atoms with Crippen molar-refractivity contribution in [3.05, 3.63) is 95.0 Å². The van der Waals surface area contributed by atoms with E-state index in [2.05, 4.69) is 15.1 Å². The Balaban J connectivity index is 1.57. The zero-order valence-electron chi connectivity index (χ0n) is 17.1. The average molecular weight is 471 g/mol. The minimum atomic E-state index is -1.68. The van der Waals surface area contributed by atoms with Crippen LogP contribution in [0.1, 0.15) is 23.7 Å². The minimum Gasteiger partial charge on any atom is -0.382 e. The number of aromatic nitrogens is 4. The summed E-state index contributed by atoms with van der Waals surface area (Å²) in [6.07, 6.45) is 6.68. The van der Waals surface area contributed by atoms with Crippen LogP contribution in [0, 0.1) is 11.6 Å². The molecule has 2 aromatic carbocycles. The quantitative estimate of drug-likeness (QED) is 0.356. The predicted octanol–water partition coefficient (Wildman–Crippen LogP) is 5.25. The van der Waals surface area contributed by atoms with Crippen molar-refractivity contribution in [2.75, 3.05) is 0 Å². The van der Waals surface area contributed by atoms with Gasteiger partial charge in [-0.1, -0.05) is 54.2 Å². The molecule has 4 aromatic rings. The van der Waals surface area contributed by atoms with E-state index in [0.717, 1.165) is 27.7 Å². The summed E-state index contributed by atoms with van der Waals surface area (Å²) in [5.74, 6) is -1.52. The molecule has 9 heteroatoms. The summed E-state index contributed by atoms with van der Waals surface area (Å²) in [4.78, 5) is 8.49. The van der Waals surface area contributed by atoms with Crippen molar-refractivity contribution in [3.8, 4) is 0 Å². The smallest absolute Gasteiger partial charge is 0.150 e. The van der Waals surface area contributed by atoms with E-state index in [-0.39, 0.29) is 12.1 Å². The van der Waals surface area contributed by atoms with Gasteiger partial charge < -0.3 is 5.11 Å². The Kier molecular flexibility index (Phi) is 6.78. The Morgan fingerprint density at radius 1 is 1.19 bits per heavy atom. The third-order valence-electron chi connectivity index (χ3n) is 4.96. The number of benzene rings is 2. The molecule has 0 spiro atoms. The number of nitrogens with zero attached hydrogens (tertiary/aromatic N) is 4. The molecule has 4 rings (SSSR count). The molecule has 0 fully saturated rings. The van der Waals surface area contributed by atoms with Crippen LogP contribution in [0.5, 0.6) is 0 Å². The Bertz CT molecular complexity index is 1200. The zero-order valence-corrected chi connectivity index (χ0v) is 18.7. The van der Waals surface area contributed by atoms with E-state index in [1.165, 1.54) is 46.5 Å². The molecule has 2 atom stereocenters. The van der Waals surface area contributed by atoms with Crippen LogP contribution in [0.2, 0.25) is 0 Å². The van der Waals surface area contributed by atoms with Gasteiger partial charge in [0.1, 0.15) is 29.9 Å². The fraction of sp³-hybridized carbons (Fsp3) is 0.174. The maximum Gasteiger partial charge on any atom is 0.150 e. The maximum absolute atomic E-state index is 14.7. The summed E-state index contributed by atoms with van der Waals surface area (Å²) in [6, 6.07) is 13.1. The second-order valence-corrected chi connectivity index (χ2v) is 9.63. The summed E-state index contributed by atoms with van der Waals surface area (Å²) in [7, 11) is 0. The third-order valence-corrected chi connectivity index (χ3v) is 7.23. The number of thioether (sulfide) groups is 1. The van der Waals surface area contributed by atoms with Crippen molar-refractivity contribution in [2.45, 2.75) is 28.7 Å². The van der Waals surface area contributed by atoms with Crippen LogP contribution in [-0.4, -0.2) is 30.1 Å². The van der Waals surface area contributed by atoms with Crippen LogP contribution in [-0.2, 0) is 12.1 Å². The van der Waals surface area contributed by atoms with Crippen LogP contribution < -0.4 is 0 Å². The fourth-order valence-electron chi connectivity index (χ4n) is 3.23. The van der Waals surface area contributed by atoms with E-state index in [1.54, 1.807) is 6.92 Å². The first-order valence-electron chi connectivity index (χ1n) is 9.80. The van der Waals surface area contributed by atoms with Crippen molar-refractivity contribution in [3.63, 3.8) is 0 Å². The molecular formula is C23H20F2N4OS2.